The molecule has 0 aliphatic heterocycles. The summed E-state index contributed by atoms with van der Waals surface area (Å²) in [4.78, 5) is 23.4. The van der Waals surface area contributed by atoms with Crippen LogP contribution in [0.5, 0.6) is 0 Å². The van der Waals surface area contributed by atoms with E-state index < -0.39 is 0 Å². The minimum Gasteiger partial charge on any atom is -0.465 e. The zero-order valence-electron chi connectivity index (χ0n) is 13.9. The third-order valence-electron chi connectivity index (χ3n) is 3.36. The van der Waals surface area contributed by atoms with Crippen molar-refractivity contribution >= 4 is 18.0 Å². The first-order valence-electron chi connectivity index (χ1n) is 7.88. The van der Waals surface area contributed by atoms with Crippen molar-refractivity contribution in [3.8, 4) is 0 Å². The van der Waals surface area contributed by atoms with Gasteiger partial charge in [-0.3, -0.25) is 9.59 Å². The maximum absolute atomic E-state index is 12.0. The molecule has 0 aliphatic carbocycles. The maximum atomic E-state index is 12.0. The third kappa shape index (κ3) is 6.96. The van der Waals surface area contributed by atoms with E-state index in [1.54, 1.807) is 13.0 Å². The Balaban J connectivity index is 2.21. The predicted octanol–water partition coefficient (Wildman–Crippen LogP) is 3.60. The summed E-state index contributed by atoms with van der Waals surface area (Å²) >= 11 is 0. The minimum atomic E-state index is -0.278. The molecule has 0 heterocycles. The molecule has 1 atom stereocenters. The van der Waals surface area contributed by atoms with E-state index in [-0.39, 0.29) is 17.8 Å². The van der Waals surface area contributed by atoms with Crippen LogP contribution in [0.25, 0.3) is 6.08 Å². The number of carbonyl (C=O) groups is 2. The second-order valence-electron chi connectivity index (χ2n) is 5.28. The Morgan fingerprint density at radius 1 is 1.26 bits per heavy atom. The summed E-state index contributed by atoms with van der Waals surface area (Å²) in [6.07, 6.45) is 6.98. The zero-order valence-corrected chi connectivity index (χ0v) is 13.9. The number of amides is 1. The van der Waals surface area contributed by atoms with Gasteiger partial charge in [0.2, 0.25) is 0 Å². The van der Waals surface area contributed by atoms with Gasteiger partial charge in [-0.2, -0.15) is 0 Å². The van der Waals surface area contributed by atoms with Gasteiger partial charge < -0.3 is 10.1 Å². The molecular weight excluding hydrogens is 290 g/mol. The van der Waals surface area contributed by atoms with Gasteiger partial charge in [-0.1, -0.05) is 30.4 Å². The number of carbonyl (C=O) groups excluding carboxylic acids is 2. The van der Waals surface area contributed by atoms with Crippen LogP contribution in [0.2, 0.25) is 0 Å². The Bertz CT molecular complexity index is 546. The van der Waals surface area contributed by atoms with Crippen LogP contribution < -0.4 is 5.32 Å². The molecule has 0 spiro atoms. The van der Waals surface area contributed by atoms with E-state index >= 15 is 0 Å². The van der Waals surface area contributed by atoms with E-state index in [1.165, 1.54) is 0 Å². The van der Waals surface area contributed by atoms with Crippen LogP contribution in [0.15, 0.2) is 43.0 Å². The van der Waals surface area contributed by atoms with Crippen molar-refractivity contribution < 1.29 is 14.3 Å². The summed E-state index contributed by atoms with van der Waals surface area (Å²) in [6, 6.07) is 7.44. The highest BCUT2D eigenvalue weighted by Gasteiger charge is 2.09. The van der Waals surface area contributed by atoms with E-state index in [1.807, 2.05) is 43.3 Å². The van der Waals surface area contributed by atoms with Gasteiger partial charge in [0.1, 0.15) is 0 Å². The Morgan fingerprint density at radius 2 is 1.96 bits per heavy atom. The number of benzene rings is 1. The van der Waals surface area contributed by atoms with Crippen molar-refractivity contribution in [2.24, 2.45) is 5.92 Å². The van der Waals surface area contributed by atoms with Gasteiger partial charge in [-0.25, -0.2) is 0 Å². The molecule has 0 saturated heterocycles. The fourth-order valence-electron chi connectivity index (χ4n) is 1.87. The van der Waals surface area contributed by atoms with Crippen molar-refractivity contribution in [3.63, 3.8) is 0 Å². The van der Waals surface area contributed by atoms with E-state index in [2.05, 4.69) is 11.9 Å². The molecule has 1 aromatic carbocycles. The van der Waals surface area contributed by atoms with Gasteiger partial charge in [0.15, 0.2) is 0 Å². The van der Waals surface area contributed by atoms with Crippen LogP contribution >= 0.6 is 0 Å². The SMILES string of the molecule is C=CC(C)C(=O)OCCCCNC(=O)c1ccc(/C=C/C)cc1. The summed E-state index contributed by atoms with van der Waals surface area (Å²) < 4.78 is 5.09. The molecule has 0 bridgehead atoms. The van der Waals surface area contributed by atoms with Crippen molar-refractivity contribution in [3.05, 3.63) is 54.1 Å². The molecule has 1 rings (SSSR count). The molecule has 0 aromatic heterocycles. The van der Waals surface area contributed by atoms with Gasteiger partial charge in [0.05, 0.1) is 12.5 Å². The monoisotopic (exact) mass is 315 g/mol. The number of nitrogens with one attached hydrogen (secondary N) is 1. The molecule has 23 heavy (non-hydrogen) atoms. The third-order valence-corrected chi connectivity index (χ3v) is 3.36. The van der Waals surface area contributed by atoms with Gasteiger partial charge in [0.25, 0.3) is 5.91 Å². The Hall–Kier alpha value is -2.36. The van der Waals surface area contributed by atoms with Gasteiger partial charge in [0, 0.05) is 12.1 Å². The van der Waals surface area contributed by atoms with Crippen LogP contribution in [-0.4, -0.2) is 25.0 Å². The molecule has 1 amide bonds. The first-order valence-corrected chi connectivity index (χ1v) is 7.88. The second kappa shape index (κ2) is 10.4. The standard InChI is InChI=1S/C19H25NO3/c1-4-8-16-9-11-17(12-10-16)18(21)20-13-6-7-14-23-19(22)15(3)5-2/h4-5,8-12,15H,2,6-7,13-14H2,1,3H3,(H,20,21)/b8-4+. The summed E-state index contributed by atoms with van der Waals surface area (Å²) in [5.41, 5.74) is 1.71. The fraction of sp³-hybridized carbons (Fsp3) is 0.368. The van der Waals surface area contributed by atoms with Crippen molar-refractivity contribution in [1.29, 1.82) is 0 Å². The van der Waals surface area contributed by atoms with Crippen LogP contribution in [0.3, 0.4) is 0 Å². The minimum absolute atomic E-state index is 0.0886. The Kier molecular flexibility index (Phi) is 8.43. The van der Waals surface area contributed by atoms with E-state index in [4.69, 9.17) is 4.74 Å². The maximum Gasteiger partial charge on any atom is 0.312 e. The van der Waals surface area contributed by atoms with Gasteiger partial charge in [-0.05, 0) is 44.4 Å². The average molecular weight is 315 g/mol. The van der Waals surface area contributed by atoms with Crippen LogP contribution in [0.4, 0.5) is 0 Å². The Labute approximate surface area is 138 Å². The second-order valence-corrected chi connectivity index (χ2v) is 5.28. The topological polar surface area (TPSA) is 55.4 Å². The number of esters is 1. The molecule has 1 N–H and O–H groups in total. The van der Waals surface area contributed by atoms with Crippen molar-refractivity contribution in [2.75, 3.05) is 13.2 Å². The van der Waals surface area contributed by atoms with Crippen LogP contribution in [0.1, 0.15) is 42.6 Å². The highest BCUT2D eigenvalue weighted by Crippen LogP contribution is 2.06. The lowest BCUT2D eigenvalue weighted by molar-refractivity contribution is -0.146. The molecule has 1 unspecified atom stereocenters. The number of rotatable bonds is 9. The number of ether oxygens (including phenoxy) is 1. The molecule has 4 nitrogen and oxygen atoms in total. The van der Waals surface area contributed by atoms with Gasteiger partial charge in [-0.15, -0.1) is 6.58 Å². The first kappa shape index (κ1) is 18.7. The smallest absolute Gasteiger partial charge is 0.312 e. The van der Waals surface area contributed by atoms with E-state index in [0.717, 1.165) is 18.4 Å². The highest BCUT2D eigenvalue weighted by atomic mass is 16.5. The van der Waals surface area contributed by atoms with Gasteiger partial charge >= 0.3 is 5.97 Å². The lowest BCUT2D eigenvalue weighted by Gasteiger charge is -2.08. The average Bonchev–Trinajstić information content (AvgIpc) is 2.57. The number of hydrogen-bond donors (Lipinski definition) is 1. The molecule has 4 heteroatoms. The number of allylic oxidation sites excluding steroid dienone is 1. The molecule has 124 valence electrons. The zero-order chi connectivity index (χ0) is 17.1. The highest BCUT2D eigenvalue weighted by molar-refractivity contribution is 5.94. The molecule has 0 fully saturated rings. The fourth-order valence-corrected chi connectivity index (χ4v) is 1.87. The molecule has 1 aromatic rings. The quantitative estimate of drug-likeness (QED) is 0.430. The summed E-state index contributed by atoms with van der Waals surface area (Å²) in [7, 11) is 0. The summed E-state index contributed by atoms with van der Waals surface area (Å²) in [6.45, 7) is 8.18. The number of hydrogen-bond acceptors (Lipinski definition) is 3. The lowest BCUT2D eigenvalue weighted by Crippen LogP contribution is -2.24. The Morgan fingerprint density at radius 3 is 2.57 bits per heavy atom. The van der Waals surface area contributed by atoms with E-state index in [9.17, 15) is 9.59 Å². The molecule has 0 aliphatic rings. The molecule has 0 radical (unpaired) electrons. The molecular formula is C19H25NO3. The van der Waals surface area contributed by atoms with Crippen molar-refractivity contribution in [2.45, 2.75) is 26.7 Å². The molecule has 0 saturated carbocycles. The summed E-state index contributed by atoms with van der Waals surface area (Å²) in [5.74, 6) is -0.625. The van der Waals surface area contributed by atoms with Crippen LogP contribution in [0, 0.1) is 5.92 Å². The largest absolute Gasteiger partial charge is 0.465 e. The first-order chi connectivity index (χ1) is 11.1. The number of unbranched alkanes of at least 4 members (excludes halogenated alkanes) is 1. The van der Waals surface area contributed by atoms with Crippen molar-refractivity contribution in [1.82, 2.24) is 5.32 Å². The summed E-state index contributed by atoms with van der Waals surface area (Å²) in [5, 5.41) is 2.86. The van der Waals surface area contributed by atoms with Crippen LogP contribution in [-0.2, 0) is 9.53 Å². The predicted molar refractivity (Wildman–Crippen MR) is 93.0 cm³/mol. The normalized spacial score (nSPS) is 11.9. The van der Waals surface area contributed by atoms with E-state index in [0.29, 0.717) is 18.7 Å². The lowest BCUT2D eigenvalue weighted by atomic mass is 10.1.